The SMILES string of the molecule is O=C(NC1CCSc2c(F)cccc21)C1CC(=O)N(CC2CC2)C1. The summed E-state index contributed by atoms with van der Waals surface area (Å²) in [6.45, 7) is 1.33. The summed E-state index contributed by atoms with van der Waals surface area (Å²) < 4.78 is 13.9. The van der Waals surface area contributed by atoms with Gasteiger partial charge < -0.3 is 10.2 Å². The van der Waals surface area contributed by atoms with Gasteiger partial charge in [-0.3, -0.25) is 9.59 Å². The van der Waals surface area contributed by atoms with Crippen molar-refractivity contribution in [3.05, 3.63) is 29.6 Å². The summed E-state index contributed by atoms with van der Waals surface area (Å²) in [5.74, 6) is 0.949. The van der Waals surface area contributed by atoms with Gasteiger partial charge in [0, 0.05) is 30.2 Å². The van der Waals surface area contributed by atoms with Crippen molar-refractivity contribution in [3.63, 3.8) is 0 Å². The van der Waals surface area contributed by atoms with E-state index in [-0.39, 0.29) is 29.6 Å². The number of rotatable bonds is 4. The average molecular weight is 348 g/mol. The van der Waals surface area contributed by atoms with Crippen molar-refractivity contribution in [2.24, 2.45) is 11.8 Å². The second-order valence-corrected chi connectivity index (χ2v) is 8.10. The molecule has 1 saturated heterocycles. The number of carbonyl (C=O) groups is 2. The Hall–Kier alpha value is -1.56. The second-order valence-electron chi connectivity index (χ2n) is 7.00. The highest BCUT2D eigenvalue weighted by Gasteiger charge is 2.38. The number of halogens is 1. The molecular weight excluding hydrogens is 327 g/mol. The molecule has 1 aliphatic carbocycles. The van der Waals surface area contributed by atoms with Crippen LogP contribution in [0.4, 0.5) is 4.39 Å². The molecule has 6 heteroatoms. The van der Waals surface area contributed by atoms with Gasteiger partial charge in [0.05, 0.1) is 12.0 Å². The summed E-state index contributed by atoms with van der Waals surface area (Å²) in [7, 11) is 0. The van der Waals surface area contributed by atoms with Crippen LogP contribution in [-0.4, -0.2) is 35.6 Å². The van der Waals surface area contributed by atoms with E-state index in [9.17, 15) is 14.0 Å². The molecule has 4 rings (SSSR count). The zero-order valence-electron chi connectivity index (χ0n) is 13.5. The van der Waals surface area contributed by atoms with Gasteiger partial charge in [0.25, 0.3) is 0 Å². The van der Waals surface area contributed by atoms with Gasteiger partial charge >= 0.3 is 0 Å². The van der Waals surface area contributed by atoms with Crippen molar-refractivity contribution in [1.82, 2.24) is 10.2 Å². The molecule has 4 nitrogen and oxygen atoms in total. The average Bonchev–Trinajstić information content (AvgIpc) is 3.31. The number of amides is 2. The first-order valence-corrected chi connectivity index (χ1v) is 9.59. The van der Waals surface area contributed by atoms with Gasteiger partial charge in [0.1, 0.15) is 5.82 Å². The topological polar surface area (TPSA) is 49.4 Å². The van der Waals surface area contributed by atoms with Crippen molar-refractivity contribution in [1.29, 1.82) is 0 Å². The first-order chi connectivity index (χ1) is 11.6. The fraction of sp³-hybridized carbons (Fsp3) is 0.556. The van der Waals surface area contributed by atoms with Crippen LogP contribution in [0.15, 0.2) is 23.1 Å². The molecule has 2 amide bonds. The normalized spacial score (nSPS) is 26.4. The van der Waals surface area contributed by atoms with E-state index >= 15 is 0 Å². The van der Waals surface area contributed by atoms with Crippen LogP contribution >= 0.6 is 11.8 Å². The molecule has 2 heterocycles. The zero-order valence-corrected chi connectivity index (χ0v) is 14.3. The quantitative estimate of drug-likeness (QED) is 0.910. The molecular formula is C18H21FN2O2S. The van der Waals surface area contributed by atoms with E-state index in [1.807, 2.05) is 11.0 Å². The molecule has 0 radical (unpaired) electrons. The lowest BCUT2D eigenvalue weighted by Gasteiger charge is -2.27. The lowest BCUT2D eigenvalue weighted by atomic mass is 10.0. The zero-order chi connectivity index (χ0) is 16.7. The van der Waals surface area contributed by atoms with Crippen LogP contribution in [0.25, 0.3) is 0 Å². The van der Waals surface area contributed by atoms with Crippen molar-refractivity contribution >= 4 is 23.6 Å². The van der Waals surface area contributed by atoms with E-state index in [0.717, 1.165) is 24.3 Å². The Bertz CT molecular complexity index is 677. The van der Waals surface area contributed by atoms with Gasteiger partial charge in [-0.15, -0.1) is 11.8 Å². The predicted molar refractivity (Wildman–Crippen MR) is 90.0 cm³/mol. The molecule has 1 N–H and O–H groups in total. The molecule has 0 aromatic heterocycles. The Labute approximate surface area is 145 Å². The molecule has 0 bridgehead atoms. The molecule has 2 unspecified atom stereocenters. The highest BCUT2D eigenvalue weighted by molar-refractivity contribution is 7.99. The third-order valence-corrected chi connectivity index (χ3v) is 6.26. The minimum absolute atomic E-state index is 0.0752. The largest absolute Gasteiger partial charge is 0.349 e. The lowest BCUT2D eigenvalue weighted by molar-refractivity contribution is -0.129. The van der Waals surface area contributed by atoms with Crippen LogP contribution in [0.3, 0.4) is 0 Å². The predicted octanol–water partition coefficient (Wildman–Crippen LogP) is 2.74. The van der Waals surface area contributed by atoms with Crippen LogP contribution in [0.5, 0.6) is 0 Å². The number of nitrogens with one attached hydrogen (secondary N) is 1. The van der Waals surface area contributed by atoms with Crippen molar-refractivity contribution in [2.45, 2.75) is 36.6 Å². The van der Waals surface area contributed by atoms with E-state index in [1.165, 1.54) is 30.7 Å². The number of carbonyl (C=O) groups excluding carboxylic acids is 2. The number of hydrogen-bond donors (Lipinski definition) is 1. The molecule has 1 aromatic rings. The third kappa shape index (κ3) is 3.16. The number of nitrogens with zero attached hydrogens (tertiary/aromatic N) is 1. The Morgan fingerprint density at radius 1 is 1.33 bits per heavy atom. The minimum Gasteiger partial charge on any atom is -0.349 e. The molecule has 2 aliphatic heterocycles. The lowest BCUT2D eigenvalue weighted by Crippen LogP contribution is -2.37. The van der Waals surface area contributed by atoms with E-state index in [1.54, 1.807) is 6.07 Å². The molecule has 0 spiro atoms. The van der Waals surface area contributed by atoms with Crippen LogP contribution in [0.1, 0.15) is 37.3 Å². The minimum atomic E-state index is -0.275. The summed E-state index contributed by atoms with van der Waals surface area (Å²) in [5, 5.41) is 3.06. The van der Waals surface area contributed by atoms with Crippen LogP contribution in [-0.2, 0) is 9.59 Å². The van der Waals surface area contributed by atoms with E-state index in [0.29, 0.717) is 23.8 Å². The van der Waals surface area contributed by atoms with Gasteiger partial charge in [0.15, 0.2) is 0 Å². The molecule has 3 aliphatic rings. The van der Waals surface area contributed by atoms with Gasteiger partial charge in [-0.05, 0) is 36.8 Å². The second kappa shape index (κ2) is 6.39. The number of hydrogen-bond acceptors (Lipinski definition) is 3. The van der Waals surface area contributed by atoms with E-state index in [2.05, 4.69) is 5.32 Å². The Balaban J connectivity index is 1.42. The maximum Gasteiger partial charge on any atom is 0.225 e. The smallest absolute Gasteiger partial charge is 0.225 e. The monoisotopic (exact) mass is 348 g/mol. The summed E-state index contributed by atoms with van der Waals surface area (Å²) in [5.41, 5.74) is 0.860. The fourth-order valence-corrected chi connectivity index (χ4v) is 4.70. The maximum absolute atomic E-state index is 13.9. The number of likely N-dealkylation sites (tertiary alicyclic amines) is 1. The highest BCUT2D eigenvalue weighted by atomic mass is 32.2. The van der Waals surface area contributed by atoms with Gasteiger partial charge in [-0.2, -0.15) is 0 Å². The number of thioether (sulfide) groups is 1. The molecule has 2 fully saturated rings. The summed E-state index contributed by atoms with van der Waals surface area (Å²) in [4.78, 5) is 27.2. The van der Waals surface area contributed by atoms with Gasteiger partial charge in [-0.25, -0.2) is 4.39 Å². The summed E-state index contributed by atoms with van der Waals surface area (Å²) in [6.07, 6.45) is 3.49. The van der Waals surface area contributed by atoms with Crippen LogP contribution in [0, 0.1) is 17.7 Å². The maximum atomic E-state index is 13.9. The Morgan fingerprint density at radius 2 is 2.17 bits per heavy atom. The number of benzene rings is 1. The number of fused-ring (bicyclic) bond motifs is 1. The van der Waals surface area contributed by atoms with E-state index < -0.39 is 0 Å². The van der Waals surface area contributed by atoms with Gasteiger partial charge in [-0.1, -0.05) is 12.1 Å². The molecule has 24 heavy (non-hydrogen) atoms. The van der Waals surface area contributed by atoms with Gasteiger partial charge in [0.2, 0.25) is 11.8 Å². The summed E-state index contributed by atoms with van der Waals surface area (Å²) in [6, 6.07) is 4.88. The molecule has 128 valence electrons. The van der Waals surface area contributed by atoms with E-state index in [4.69, 9.17) is 0 Å². The van der Waals surface area contributed by atoms with Crippen molar-refractivity contribution < 1.29 is 14.0 Å². The van der Waals surface area contributed by atoms with Crippen molar-refractivity contribution in [2.75, 3.05) is 18.8 Å². The highest BCUT2D eigenvalue weighted by Crippen LogP contribution is 2.38. The molecule has 2 atom stereocenters. The molecule has 1 saturated carbocycles. The molecule has 1 aromatic carbocycles. The third-order valence-electron chi connectivity index (χ3n) is 5.10. The summed E-state index contributed by atoms with van der Waals surface area (Å²) >= 11 is 1.50. The first kappa shape index (κ1) is 15.9. The van der Waals surface area contributed by atoms with Crippen LogP contribution in [0.2, 0.25) is 0 Å². The van der Waals surface area contributed by atoms with Crippen molar-refractivity contribution in [3.8, 4) is 0 Å². The Kier molecular flexibility index (Phi) is 4.24. The van der Waals surface area contributed by atoms with Crippen LogP contribution < -0.4 is 5.32 Å². The first-order valence-electron chi connectivity index (χ1n) is 8.61. The fourth-order valence-electron chi connectivity index (χ4n) is 3.56. The standard InChI is InChI=1S/C18H21FN2O2S/c19-14-3-1-2-13-15(6-7-24-17(13)14)20-18(23)12-8-16(22)21(10-12)9-11-4-5-11/h1-3,11-12,15H,4-10H2,(H,20,23). The Morgan fingerprint density at radius 3 is 2.96 bits per heavy atom.